The molecule has 0 spiro atoms. The Hall–Kier alpha value is -0.700. The molecule has 0 aromatic carbocycles. The van der Waals surface area contributed by atoms with Gasteiger partial charge in [-0.3, -0.25) is 4.79 Å². The Labute approximate surface area is 106 Å². The van der Waals surface area contributed by atoms with E-state index < -0.39 is 22.2 Å². The van der Waals surface area contributed by atoms with Gasteiger partial charge in [-0.25, -0.2) is 0 Å². The molecule has 1 atom stereocenters. The molecule has 104 valence electrons. The molecular formula is C10H18N2O5S. The Bertz CT molecular complexity index is 404. The molecule has 0 saturated carbocycles. The van der Waals surface area contributed by atoms with Gasteiger partial charge in [0, 0.05) is 19.6 Å². The molecule has 8 heteroatoms. The maximum absolute atomic E-state index is 12.4. The Morgan fingerprint density at radius 2 is 1.83 bits per heavy atom. The third-order valence-corrected chi connectivity index (χ3v) is 5.38. The number of carboxylic acid groups (broad SMARTS) is 1. The molecule has 1 N–H and O–H groups in total. The third-order valence-electron chi connectivity index (χ3n) is 3.33. The van der Waals surface area contributed by atoms with E-state index in [0.29, 0.717) is 39.1 Å². The molecule has 0 bridgehead atoms. The van der Waals surface area contributed by atoms with Crippen molar-refractivity contribution < 1.29 is 23.1 Å². The van der Waals surface area contributed by atoms with Crippen LogP contribution in [0.15, 0.2) is 0 Å². The van der Waals surface area contributed by atoms with Gasteiger partial charge >= 0.3 is 5.97 Å². The van der Waals surface area contributed by atoms with Crippen LogP contribution >= 0.6 is 0 Å². The number of rotatable bonds is 3. The second-order valence-electron chi connectivity index (χ2n) is 4.48. The third kappa shape index (κ3) is 2.66. The first-order valence-electron chi connectivity index (χ1n) is 6.11. The fraction of sp³-hybridized carbons (Fsp3) is 0.900. The fourth-order valence-corrected chi connectivity index (χ4v) is 4.14. The number of carboxylic acids is 1. The number of hydrogen-bond acceptors (Lipinski definition) is 4. The summed E-state index contributed by atoms with van der Waals surface area (Å²) < 4.78 is 32.3. The van der Waals surface area contributed by atoms with Gasteiger partial charge in [-0.1, -0.05) is 0 Å². The van der Waals surface area contributed by atoms with Crippen LogP contribution in [0.1, 0.15) is 19.3 Å². The highest BCUT2D eigenvalue weighted by Gasteiger charge is 2.40. The van der Waals surface area contributed by atoms with E-state index in [-0.39, 0.29) is 6.54 Å². The van der Waals surface area contributed by atoms with E-state index in [1.165, 1.54) is 4.31 Å². The summed E-state index contributed by atoms with van der Waals surface area (Å²) in [6.45, 7) is 1.61. The van der Waals surface area contributed by atoms with Crippen LogP contribution in [0.4, 0.5) is 0 Å². The number of ether oxygens (including phenoxy) is 1. The Morgan fingerprint density at radius 1 is 1.17 bits per heavy atom. The van der Waals surface area contributed by atoms with E-state index in [1.807, 2.05) is 0 Å². The summed E-state index contributed by atoms with van der Waals surface area (Å²) in [6.07, 6.45) is 1.86. The summed E-state index contributed by atoms with van der Waals surface area (Å²) in [4.78, 5) is 11.1. The SMILES string of the molecule is O=C(O)C1CCCCN1S(=O)(=O)N1CCOCC1. The van der Waals surface area contributed by atoms with E-state index in [0.717, 1.165) is 10.7 Å². The van der Waals surface area contributed by atoms with Crippen LogP contribution in [0, 0.1) is 0 Å². The van der Waals surface area contributed by atoms with Crippen LogP contribution in [0.25, 0.3) is 0 Å². The van der Waals surface area contributed by atoms with Crippen LogP contribution in [0.2, 0.25) is 0 Å². The highest BCUT2D eigenvalue weighted by Crippen LogP contribution is 2.23. The van der Waals surface area contributed by atoms with Crippen molar-refractivity contribution in [1.29, 1.82) is 0 Å². The second kappa shape index (κ2) is 5.52. The van der Waals surface area contributed by atoms with Crippen LogP contribution in [-0.4, -0.2) is 67.0 Å². The van der Waals surface area contributed by atoms with Crippen LogP contribution in [-0.2, 0) is 19.7 Å². The van der Waals surface area contributed by atoms with Crippen LogP contribution in [0.3, 0.4) is 0 Å². The highest BCUT2D eigenvalue weighted by molar-refractivity contribution is 7.86. The minimum Gasteiger partial charge on any atom is -0.480 e. The first-order valence-corrected chi connectivity index (χ1v) is 7.50. The number of hydrogen-bond donors (Lipinski definition) is 1. The molecule has 2 aliphatic heterocycles. The molecule has 0 aromatic rings. The molecule has 18 heavy (non-hydrogen) atoms. The van der Waals surface area contributed by atoms with Gasteiger partial charge in [0.25, 0.3) is 10.2 Å². The van der Waals surface area contributed by atoms with Gasteiger partial charge in [-0.05, 0) is 19.3 Å². The van der Waals surface area contributed by atoms with Crippen molar-refractivity contribution in [2.75, 3.05) is 32.8 Å². The molecule has 2 rings (SSSR count). The summed E-state index contributed by atoms with van der Waals surface area (Å²) in [6, 6.07) is -0.924. The van der Waals surface area contributed by atoms with Crippen molar-refractivity contribution in [3.63, 3.8) is 0 Å². The second-order valence-corrected chi connectivity index (χ2v) is 6.36. The van der Waals surface area contributed by atoms with E-state index in [2.05, 4.69) is 0 Å². The standard InChI is InChI=1S/C10H18N2O5S/c13-10(14)9-3-1-2-4-12(9)18(15,16)11-5-7-17-8-6-11/h9H,1-8H2,(H,13,14). The minimum absolute atomic E-state index is 0.288. The Kier molecular flexibility index (Phi) is 4.21. The molecule has 0 aromatic heterocycles. The maximum atomic E-state index is 12.4. The minimum atomic E-state index is -3.67. The fourth-order valence-electron chi connectivity index (χ4n) is 2.35. The van der Waals surface area contributed by atoms with Gasteiger partial charge in [0.2, 0.25) is 0 Å². The molecule has 2 heterocycles. The van der Waals surface area contributed by atoms with Gasteiger partial charge in [-0.2, -0.15) is 17.0 Å². The molecule has 2 fully saturated rings. The van der Waals surface area contributed by atoms with Gasteiger partial charge in [0.15, 0.2) is 0 Å². The zero-order valence-corrected chi connectivity index (χ0v) is 10.9. The Balaban J connectivity index is 2.18. The molecule has 2 aliphatic rings. The number of nitrogens with zero attached hydrogens (tertiary/aromatic N) is 2. The quantitative estimate of drug-likeness (QED) is 0.752. The average Bonchev–Trinajstić information content (AvgIpc) is 2.39. The zero-order valence-electron chi connectivity index (χ0n) is 10.1. The lowest BCUT2D eigenvalue weighted by Gasteiger charge is -2.37. The number of aliphatic carboxylic acids is 1. The Morgan fingerprint density at radius 3 is 2.44 bits per heavy atom. The average molecular weight is 278 g/mol. The predicted octanol–water partition coefficient (Wildman–Crippen LogP) is -0.497. The molecule has 7 nitrogen and oxygen atoms in total. The zero-order chi connectivity index (χ0) is 13.2. The maximum Gasteiger partial charge on any atom is 0.322 e. The first kappa shape index (κ1) is 13.7. The smallest absolute Gasteiger partial charge is 0.322 e. The van der Waals surface area contributed by atoms with Crippen molar-refractivity contribution >= 4 is 16.2 Å². The first-order chi connectivity index (χ1) is 8.53. The van der Waals surface area contributed by atoms with Gasteiger partial charge in [-0.15, -0.1) is 0 Å². The van der Waals surface area contributed by atoms with E-state index in [9.17, 15) is 13.2 Å². The van der Waals surface area contributed by atoms with E-state index >= 15 is 0 Å². The van der Waals surface area contributed by atoms with Gasteiger partial charge < -0.3 is 9.84 Å². The number of carbonyl (C=O) groups is 1. The lowest BCUT2D eigenvalue weighted by Crippen LogP contribution is -2.55. The molecular weight excluding hydrogens is 260 g/mol. The van der Waals surface area contributed by atoms with Crippen molar-refractivity contribution in [3.8, 4) is 0 Å². The summed E-state index contributed by atoms with van der Waals surface area (Å²) in [5.41, 5.74) is 0. The van der Waals surface area contributed by atoms with E-state index in [1.54, 1.807) is 0 Å². The molecule has 0 radical (unpaired) electrons. The molecule has 0 aliphatic carbocycles. The normalized spacial score (nSPS) is 28.1. The monoisotopic (exact) mass is 278 g/mol. The highest BCUT2D eigenvalue weighted by atomic mass is 32.2. The van der Waals surface area contributed by atoms with Crippen molar-refractivity contribution in [2.24, 2.45) is 0 Å². The number of piperidine rings is 1. The molecule has 2 saturated heterocycles. The predicted molar refractivity (Wildman–Crippen MR) is 63.3 cm³/mol. The topological polar surface area (TPSA) is 87.2 Å². The lowest BCUT2D eigenvalue weighted by molar-refractivity contribution is -0.142. The van der Waals surface area contributed by atoms with Crippen LogP contribution in [0.5, 0.6) is 0 Å². The van der Waals surface area contributed by atoms with Gasteiger partial charge in [0.05, 0.1) is 13.2 Å². The summed E-state index contributed by atoms with van der Waals surface area (Å²) in [7, 11) is -3.67. The number of morpholine rings is 1. The van der Waals surface area contributed by atoms with Crippen molar-refractivity contribution in [2.45, 2.75) is 25.3 Å². The molecule has 0 amide bonds. The lowest BCUT2D eigenvalue weighted by atomic mass is 10.1. The van der Waals surface area contributed by atoms with Crippen molar-refractivity contribution in [3.05, 3.63) is 0 Å². The van der Waals surface area contributed by atoms with Crippen molar-refractivity contribution in [1.82, 2.24) is 8.61 Å². The largest absolute Gasteiger partial charge is 0.480 e. The summed E-state index contributed by atoms with van der Waals surface area (Å²) in [5, 5.41) is 9.12. The summed E-state index contributed by atoms with van der Waals surface area (Å²) >= 11 is 0. The van der Waals surface area contributed by atoms with Gasteiger partial charge in [0.1, 0.15) is 6.04 Å². The van der Waals surface area contributed by atoms with Crippen LogP contribution < -0.4 is 0 Å². The summed E-state index contributed by atoms with van der Waals surface area (Å²) in [5.74, 6) is -1.06. The van der Waals surface area contributed by atoms with E-state index in [4.69, 9.17) is 9.84 Å². The molecule has 1 unspecified atom stereocenters.